The summed E-state index contributed by atoms with van der Waals surface area (Å²) in [6.45, 7) is 0. The predicted molar refractivity (Wildman–Crippen MR) is 63.9 cm³/mol. The number of hydrogen-bond acceptors (Lipinski definition) is 0. The molecule has 3 aliphatic carbocycles. The molecule has 0 atom stereocenters. The SMILES string of the molecule is [CH]1C=CC[C]2CC3=CCC=CC=C3C=C12. The summed E-state index contributed by atoms with van der Waals surface area (Å²) in [7, 11) is 0. The Morgan fingerprint density at radius 2 is 2.00 bits per heavy atom. The number of hydrogen-bond donors (Lipinski definition) is 0. The molecule has 15 heavy (non-hydrogen) atoms. The van der Waals surface area contributed by atoms with E-state index in [2.05, 4.69) is 49.0 Å². The lowest BCUT2D eigenvalue weighted by Crippen LogP contribution is -2.11. The first-order valence-corrected chi connectivity index (χ1v) is 5.56. The van der Waals surface area contributed by atoms with Gasteiger partial charge in [-0.05, 0) is 30.4 Å². The normalized spacial score (nSPS) is 24.7. The van der Waals surface area contributed by atoms with E-state index in [1.165, 1.54) is 16.7 Å². The van der Waals surface area contributed by atoms with E-state index in [1.54, 1.807) is 5.92 Å². The van der Waals surface area contributed by atoms with Crippen LogP contribution in [-0.2, 0) is 0 Å². The van der Waals surface area contributed by atoms with E-state index in [-0.39, 0.29) is 0 Å². The van der Waals surface area contributed by atoms with E-state index in [9.17, 15) is 0 Å². The molecule has 0 saturated heterocycles. The summed E-state index contributed by atoms with van der Waals surface area (Å²) in [6.07, 6.45) is 21.3. The summed E-state index contributed by atoms with van der Waals surface area (Å²) in [6, 6.07) is 0. The number of rotatable bonds is 0. The van der Waals surface area contributed by atoms with Crippen molar-refractivity contribution >= 4 is 0 Å². The molecule has 2 radical (unpaired) electrons. The minimum atomic E-state index is 1.07. The minimum Gasteiger partial charge on any atom is -0.0870 e. The van der Waals surface area contributed by atoms with Gasteiger partial charge in [0.25, 0.3) is 0 Å². The summed E-state index contributed by atoms with van der Waals surface area (Å²) in [5, 5.41) is 0. The van der Waals surface area contributed by atoms with Crippen LogP contribution >= 0.6 is 0 Å². The van der Waals surface area contributed by atoms with Crippen LogP contribution in [0.5, 0.6) is 0 Å². The van der Waals surface area contributed by atoms with Crippen molar-refractivity contribution in [2.75, 3.05) is 0 Å². The molecule has 3 rings (SSSR count). The molecule has 0 N–H and O–H groups in total. The molecule has 0 heterocycles. The highest BCUT2D eigenvalue weighted by molar-refractivity contribution is 5.58. The molecule has 0 unspecified atom stereocenters. The Hall–Kier alpha value is -1.30. The fraction of sp³-hybridized carbons (Fsp3) is 0.200. The predicted octanol–water partition coefficient (Wildman–Crippen LogP) is 3.87. The highest BCUT2D eigenvalue weighted by Crippen LogP contribution is 2.40. The highest BCUT2D eigenvalue weighted by atomic mass is 14.3. The van der Waals surface area contributed by atoms with Gasteiger partial charge in [-0.15, -0.1) is 0 Å². The number of allylic oxidation sites excluding steroid dienone is 10. The summed E-state index contributed by atoms with van der Waals surface area (Å²) in [5.41, 5.74) is 4.33. The van der Waals surface area contributed by atoms with Crippen LogP contribution in [0.25, 0.3) is 0 Å². The molecule has 0 aromatic rings. The molecular weight excluding hydrogens is 180 g/mol. The quantitative estimate of drug-likeness (QED) is 0.549. The average Bonchev–Trinajstić information content (AvgIpc) is 2.50. The third kappa shape index (κ3) is 1.65. The topological polar surface area (TPSA) is 0 Å². The molecule has 3 aliphatic rings. The van der Waals surface area contributed by atoms with Crippen LogP contribution in [0.4, 0.5) is 0 Å². The summed E-state index contributed by atoms with van der Waals surface area (Å²) in [4.78, 5) is 0. The van der Waals surface area contributed by atoms with Crippen molar-refractivity contribution in [3.8, 4) is 0 Å². The zero-order valence-electron chi connectivity index (χ0n) is 8.74. The molecule has 0 spiro atoms. The molecule has 0 aliphatic heterocycles. The Morgan fingerprint density at radius 1 is 1.00 bits per heavy atom. The van der Waals surface area contributed by atoms with Gasteiger partial charge in [0.15, 0.2) is 0 Å². The maximum atomic E-state index is 2.36. The monoisotopic (exact) mass is 194 g/mol. The van der Waals surface area contributed by atoms with Gasteiger partial charge in [0.05, 0.1) is 0 Å². The Morgan fingerprint density at radius 3 is 3.00 bits per heavy atom. The second kappa shape index (κ2) is 3.69. The molecular formula is C15H14. The van der Waals surface area contributed by atoms with E-state index in [1.807, 2.05) is 0 Å². The van der Waals surface area contributed by atoms with Gasteiger partial charge in [-0.1, -0.05) is 48.1 Å². The molecule has 0 aromatic heterocycles. The zero-order chi connectivity index (χ0) is 10.1. The molecule has 0 bridgehead atoms. The van der Waals surface area contributed by atoms with Gasteiger partial charge < -0.3 is 0 Å². The van der Waals surface area contributed by atoms with Crippen LogP contribution < -0.4 is 0 Å². The Kier molecular flexibility index (Phi) is 2.21. The minimum absolute atomic E-state index is 1.07. The molecule has 0 heteroatoms. The second-order valence-electron chi connectivity index (χ2n) is 4.19. The maximum absolute atomic E-state index is 2.36. The van der Waals surface area contributed by atoms with Crippen LogP contribution in [0, 0.1) is 12.3 Å². The molecule has 0 fully saturated rings. The van der Waals surface area contributed by atoms with Crippen molar-refractivity contribution in [2.24, 2.45) is 0 Å². The van der Waals surface area contributed by atoms with Crippen molar-refractivity contribution in [3.63, 3.8) is 0 Å². The highest BCUT2D eigenvalue weighted by Gasteiger charge is 2.23. The van der Waals surface area contributed by atoms with Crippen molar-refractivity contribution in [1.29, 1.82) is 0 Å². The summed E-state index contributed by atoms with van der Waals surface area (Å²) >= 11 is 0. The smallest absolute Gasteiger partial charge is 0.00963 e. The first-order valence-electron chi connectivity index (χ1n) is 5.56. The lowest BCUT2D eigenvalue weighted by molar-refractivity contribution is 0.871. The van der Waals surface area contributed by atoms with Crippen LogP contribution in [0.1, 0.15) is 19.3 Å². The van der Waals surface area contributed by atoms with Gasteiger partial charge in [-0.3, -0.25) is 0 Å². The van der Waals surface area contributed by atoms with Crippen LogP contribution in [-0.4, -0.2) is 0 Å². The third-order valence-electron chi connectivity index (χ3n) is 3.18. The van der Waals surface area contributed by atoms with E-state index >= 15 is 0 Å². The van der Waals surface area contributed by atoms with Crippen molar-refractivity contribution < 1.29 is 0 Å². The average molecular weight is 194 g/mol. The van der Waals surface area contributed by atoms with E-state index in [0.29, 0.717) is 0 Å². The Labute approximate surface area is 91.4 Å². The Bertz CT molecular complexity index is 413. The summed E-state index contributed by atoms with van der Waals surface area (Å²) in [5.74, 6) is 1.57. The molecule has 0 aromatic carbocycles. The van der Waals surface area contributed by atoms with Gasteiger partial charge in [-0.2, -0.15) is 0 Å². The van der Waals surface area contributed by atoms with Gasteiger partial charge in [0.2, 0.25) is 0 Å². The van der Waals surface area contributed by atoms with Gasteiger partial charge in [-0.25, -0.2) is 0 Å². The third-order valence-corrected chi connectivity index (χ3v) is 3.18. The van der Waals surface area contributed by atoms with Crippen molar-refractivity contribution in [1.82, 2.24) is 0 Å². The fourth-order valence-electron chi connectivity index (χ4n) is 2.34. The maximum Gasteiger partial charge on any atom is 0.00963 e. The van der Waals surface area contributed by atoms with Crippen LogP contribution in [0.15, 0.2) is 59.3 Å². The van der Waals surface area contributed by atoms with Crippen LogP contribution in [0.3, 0.4) is 0 Å². The standard InChI is InChI=1S/C15H14/c1-2-6-12-10-14-8-4-5-9-15(14)11-13(12)7-3-1/h1-2,4-8,10H,3,9,11H2. The van der Waals surface area contributed by atoms with Crippen molar-refractivity contribution in [2.45, 2.75) is 19.3 Å². The first-order chi connectivity index (χ1) is 7.43. The second-order valence-corrected chi connectivity index (χ2v) is 4.19. The lowest BCUT2D eigenvalue weighted by Gasteiger charge is -2.27. The fourth-order valence-corrected chi connectivity index (χ4v) is 2.34. The lowest BCUT2D eigenvalue weighted by atomic mass is 9.76. The van der Waals surface area contributed by atoms with E-state index < -0.39 is 0 Å². The van der Waals surface area contributed by atoms with E-state index in [4.69, 9.17) is 0 Å². The molecule has 0 amide bonds. The largest absolute Gasteiger partial charge is 0.0870 e. The van der Waals surface area contributed by atoms with Gasteiger partial charge >= 0.3 is 0 Å². The van der Waals surface area contributed by atoms with Gasteiger partial charge in [0, 0.05) is 12.3 Å². The van der Waals surface area contributed by atoms with Gasteiger partial charge in [0.1, 0.15) is 0 Å². The molecule has 74 valence electrons. The van der Waals surface area contributed by atoms with Crippen LogP contribution in [0.2, 0.25) is 0 Å². The van der Waals surface area contributed by atoms with Crippen molar-refractivity contribution in [3.05, 3.63) is 71.6 Å². The summed E-state index contributed by atoms with van der Waals surface area (Å²) < 4.78 is 0. The molecule has 0 saturated carbocycles. The Balaban J connectivity index is 2.01. The molecule has 0 nitrogen and oxygen atoms in total. The zero-order valence-corrected chi connectivity index (χ0v) is 8.74. The number of fused-ring (bicyclic) bond motifs is 2. The van der Waals surface area contributed by atoms with E-state index in [0.717, 1.165) is 19.3 Å². The first kappa shape index (κ1) is 8.96.